The molecule has 0 radical (unpaired) electrons. The van der Waals surface area contributed by atoms with Gasteiger partial charge in [-0.2, -0.15) is 15.0 Å². The molecule has 1 aliphatic heterocycles. The van der Waals surface area contributed by atoms with Gasteiger partial charge in [0.25, 0.3) is 0 Å². The minimum Gasteiger partial charge on any atom is -0.369 e. The van der Waals surface area contributed by atoms with E-state index in [1.165, 1.54) is 5.69 Å². The van der Waals surface area contributed by atoms with Crippen LogP contribution in [0.15, 0.2) is 24.3 Å². The second kappa shape index (κ2) is 7.00. The van der Waals surface area contributed by atoms with E-state index in [9.17, 15) is 0 Å². The molecule has 0 amide bonds. The number of nitrogens with one attached hydrogen (secondary N) is 1. The number of nitrogens with zero attached hydrogens (tertiary/aromatic N) is 5. The summed E-state index contributed by atoms with van der Waals surface area (Å²) in [4.78, 5) is 17.2. The Bertz CT molecular complexity index is 656. The Kier molecular flexibility index (Phi) is 4.80. The second-order valence-corrected chi connectivity index (χ2v) is 6.35. The number of hydrogen-bond acceptors (Lipinski definition) is 7. The van der Waals surface area contributed by atoms with E-state index >= 15 is 0 Å². The first-order valence-electron chi connectivity index (χ1n) is 8.35. The lowest BCUT2D eigenvalue weighted by Gasteiger charge is -2.38. The van der Waals surface area contributed by atoms with E-state index in [0.717, 1.165) is 31.9 Å². The fourth-order valence-electron chi connectivity index (χ4n) is 2.94. The van der Waals surface area contributed by atoms with Gasteiger partial charge >= 0.3 is 0 Å². The van der Waals surface area contributed by atoms with Gasteiger partial charge in [-0.05, 0) is 45.0 Å². The fraction of sp³-hybridized carbons (Fsp3) is 0.471. The molecule has 3 N–H and O–H groups in total. The third-order valence-electron chi connectivity index (χ3n) is 4.30. The van der Waals surface area contributed by atoms with Crippen molar-refractivity contribution < 1.29 is 0 Å². The van der Waals surface area contributed by atoms with Gasteiger partial charge in [0.1, 0.15) is 5.82 Å². The highest BCUT2D eigenvalue weighted by Gasteiger charge is 2.18. The summed E-state index contributed by atoms with van der Waals surface area (Å²) in [6.07, 6.45) is 0. The molecule has 128 valence electrons. The summed E-state index contributed by atoms with van der Waals surface area (Å²) >= 11 is 0. The SMILES string of the molecule is Cc1nc(N)nc(Nc2ccc(N3CCN(C(C)C)CC3)cc2)n1. The van der Waals surface area contributed by atoms with Gasteiger partial charge in [0, 0.05) is 43.6 Å². The first-order chi connectivity index (χ1) is 11.5. The van der Waals surface area contributed by atoms with Crippen LogP contribution in [0.1, 0.15) is 19.7 Å². The molecule has 0 unspecified atom stereocenters. The molecule has 0 saturated carbocycles. The Hall–Kier alpha value is -2.41. The van der Waals surface area contributed by atoms with Crippen molar-refractivity contribution >= 4 is 23.3 Å². The molecule has 0 spiro atoms. The number of nitrogens with two attached hydrogens (primary N) is 1. The van der Waals surface area contributed by atoms with E-state index in [0.29, 0.717) is 17.8 Å². The lowest BCUT2D eigenvalue weighted by Crippen LogP contribution is -2.48. The maximum absolute atomic E-state index is 5.65. The van der Waals surface area contributed by atoms with Gasteiger partial charge in [-0.15, -0.1) is 0 Å². The standard InChI is InChI=1S/C17H25N7/c1-12(2)23-8-10-24(11-9-23)15-6-4-14(5-7-15)21-17-20-13(3)19-16(18)22-17/h4-7,12H,8-11H2,1-3H3,(H3,18,19,20,21,22). The monoisotopic (exact) mass is 327 g/mol. The molecule has 7 nitrogen and oxygen atoms in total. The number of rotatable bonds is 4. The maximum atomic E-state index is 5.65. The molecule has 0 bridgehead atoms. The number of piperazine rings is 1. The summed E-state index contributed by atoms with van der Waals surface area (Å²) in [6, 6.07) is 8.96. The normalized spacial score (nSPS) is 15.8. The van der Waals surface area contributed by atoms with Crippen LogP contribution < -0.4 is 16.0 Å². The van der Waals surface area contributed by atoms with E-state index in [-0.39, 0.29) is 5.95 Å². The molecule has 24 heavy (non-hydrogen) atoms. The highest BCUT2D eigenvalue weighted by molar-refractivity contribution is 5.59. The van der Waals surface area contributed by atoms with Gasteiger partial charge in [0.2, 0.25) is 11.9 Å². The topological polar surface area (TPSA) is 83.2 Å². The van der Waals surface area contributed by atoms with Crippen molar-refractivity contribution in [2.24, 2.45) is 0 Å². The Morgan fingerprint density at radius 1 is 1.00 bits per heavy atom. The predicted molar refractivity (Wildman–Crippen MR) is 97.6 cm³/mol. The van der Waals surface area contributed by atoms with E-state index in [2.05, 4.69) is 56.0 Å². The maximum Gasteiger partial charge on any atom is 0.232 e. The Morgan fingerprint density at radius 2 is 1.67 bits per heavy atom. The van der Waals surface area contributed by atoms with Gasteiger partial charge in [-0.1, -0.05) is 0 Å². The van der Waals surface area contributed by atoms with Gasteiger partial charge in [0.15, 0.2) is 0 Å². The fourth-order valence-corrected chi connectivity index (χ4v) is 2.94. The van der Waals surface area contributed by atoms with Crippen molar-refractivity contribution in [1.82, 2.24) is 19.9 Å². The van der Waals surface area contributed by atoms with Crippen molar-refractivity contribution in [1.29, 1.82) is 0 Å². The van der Waals surface area contributed by atoms with Crippen molar-refractivity contribution in [3.63, 3.8) is 0 Å². The molecule has 1 saturated heterocycles. The first-order valence-corrected chi connectivity index (χ1v) is 8.35. The van der Waals surface area contributed by atoms with E-state index in [1.807, 2.05) is 12.1 Å². The Morgan fingerprint density at radius 3 is 2.25 bits per heavy atom. The minimum absolute atomic E-state index is 0.227. The third kappa shape index (κ3) is 3.91. The minimum atomic E-state index is 0.227. The summed E-state index contributed by atoms with van der Waals surface area (Å²) in [5.41, 5.74) is 7.83. The molecule has 2 aromatic rings. The summed E-state index contributed by atoms with van der Waals surface area (Å²) in [5.74, 6) is 1.30. The predicted octanol–water partition coefficient (Wildman–Crippen LogP) is 2.04. The molecular weight excluding hydrogens is 302 g/mol. The first kappa shape index (κ1) is 16.4. The van der Waals surface area contributed by atoms with Crippen LogP contribution in [-0.2, 0) is 0 Å². The number of aryl methyl sites for hydroxylation is 1. The summed E-state index contributed by atoms with van der Waals surface area (Å²) in [6.45, 7) is 10.7. The average Bonchev–Trinajstić information content (AvgIpc) is 2.55. The molecule has 1 fully saturated rings. The lowest BCUT2D eigenvalue weighted by atomic mass is 10.2. The molecule has 3 rings (SSSR count). The van der Waals surface area contributed by atoms with Crippen molar-refractivity contribution in [2.45, 2.75) is 26.8 Å². The van der Waals surface area contributed by atoms with E-state index in [4.69, 9.17) is 5.73 Å². The van der Waals surface area contributed by atoms with Gasteiger partial charge in [-0.3, -0.25) is 4.90 Å². The van der Waals surface area contributed by atoms with Gasteiger partial charge in [-0.25, -0.2) is 0 Å². The summed E-state index contributed by atoms with van der Waals surface area (Å²) < 4.78 is 0. The van der Waals surface area contributed by atoms with E-state index < -0.39 is 0 Å². The molecule has 0 aliphatic carbocycles. The van der Waals surface area contributed by atoms with Gasteiger partial charge < -0.3 is 16.0 Å². The number of anilines is 4. The third-order valence-corrected chi connectivity index (χ3v) is 4.30. The van der Waals surface area contributed by atoms with Crippen LogP contribution in [0.25, 0.3) is 0 Å². The number of aromatic nitrogens is 3. The Labute approximate surface area is 142 Å². The zero-order valence-electron chi connectivity index (χ0n) is 14.5. The second-order valence-electron chi connectivity index (χ2n) is 6.35. The van der Waals surface area contributed by atoms with Crippen LogP contribution in [-0.4, -0.2) is 52.1 Å². The van der Waals surface area contributed by atoms with Crippen LogP contribution in [0.2, 0.25) is 0 Å². The quantitative estimate of drug-likeness (QED) is 0.889. The zero-order chi connectivity index (χ0) is 17.1. The highest BCUT2D eigenvalue weighted by atomic mass is 15.3. The summed E-state index contributed by atoms with van der Waals surface area (Å²) in [5, 5.41) is 3.17. The van der Waals surface area contributed by atoms with Crippen molar-refractivity contribution in [2.75, 3.05) is 42.1 Å². The largest absolute Gasteiger partial charge is 0.369 e. The summed E-state index contributed by atoms with van der Waals surface area (Å²) in [7, 11) is 0. The van der Waals surface area contributed by atoms with Crippen LogP contribution >= 0.6 is 0 Å². The molecule has 2 heterocycles. The zero-order valence-corrected chi connectivity index (χ0v) is 14.5. The average molecular weight is 327 g/mol. The number of benzene rings is 1. The van der Waals surface area contributed by atoms with Crippen molar-refractivity contribution in [3.05, 3.63) is 30.1 Å². The smallest absolute Gasteiger partial charge is 0.232 e. The van der Waals surface area contributed by atoms with E-state index in [1.54, 1.807) is 6.92 Å². The Balaban J connectivity index is 1.63. The lowest BCUT2D eigenvalue weighted by molar-refractivity contribution is 0.209. The van der Waals surface area contributed by atoms with Crippen LogP contribution in [0, 0.1) is 6.92 Å². The van der Waals surface area contributed by atoms with Gasteiger partial charge in [0.05, 0.1) is 0 Å². The molecule has 1 aliphatic rings. The van der Waals surface area contributed by atoms with Crippen molar-refractivity contribution in [3.8, 4) is 0 Å². The molecule has 7 heteroatoms. The van der Waals surface area contributed by atoms with Crippen LogP contribution in [0.5, 0.6) is 0 Å². The molecular formula is C17H25N7. The van der Waals surface area contributed by atoms with Crippen LogP contribution in [0.4, 0.5) is 23.3 Å². The molecule has 1 aromatic heterocycles. The molecule has 0 atom stereocenters. The number of hydrogen-bond donors (Lipinski definition) is 2. The highest BCUT2D eigenvalue weighted by Crippen LogP contribution is 2.21. The molecule has 1 aromatic carbocycles. The number of nitrogen functional groups attached to an aromatic ring is 1. The van der Waals surface area contributed by atoms with Crippen LogP contribution in [0.3, 0.4) is 0 Å².